The minimum atomic E-state index is -3.71. The molecular weight excluding hydrogens is 279 g/mol. The summed E-state index contributed by atoms with van der Waals surface area (Å²) in [7, 11) is -3.71. The van der Waals surface area contributed by atoms with E-state index in [1.165, 1.54) is 12.1 Å². The number of benzene rings is 1. The Balaban J connectivity index is 2.28. The number of hydrogen-bond donors (Lipinski definition) is 1. The summed E-state index contributed by atoms with van der Waals surface area (Å²) in [6, 6.07) is 8.41. The zero-order chi connectivity index (χ0) is 14.8. The first-order chi connectivity index (χ1) is 9.40. The van der Waals surface area contributed by atoms with E-state index in [1.807, 2.05) is 0 Å². The summed E-state index contributed by atoms with van der Waals surface area (Å²) in [5.74, 6) is -0.459. The molecule has 6 heteroatoms. The molecule has 1 aromatic carbocycles. The van der Waals surface area contributed by atoms with Crippen molar-refractivity contribution in [3.63, 3.8) is 0 Å². The lowest BCUT2D eigenvalue weighted by Gasteiger charge is -2.15. The first-order valence-electron chi connectivity index (χ1n) is 6.09. The monoisotopic (exact) mass is 294 g/mol. The molecule has 0 aliphatic carbocycles. The summed E-state index contributed by atoms with van der Waals surface area (Å²) in [4.78, 5) is 4.18. The molecule has 1 heterocycles. The fraction of sp³-hybridized carbons (Fsp3) is 0.214. The molecule has 0 fully saturated rings. The van der Waals surface area contributed by atoms with Gasteiger partial charge in [0, 0.05) is 6.20 Å². The van der Waals surface area contributed by atoms with E-state index in [9.17, 15) is 12.8 Å². The molecule has 0 amide bonds. The van der Waals surface area contributed by atoms with Crippen LogP contribution in [-0.4, -0.2) is 13.4 Å². The van der Waals surface area contributed by atoms with Crippen LogP contribution in [-0.2, 0) is 10.0 Å². The lowest BCUT2D eigenvalue weighted by atomic mass is 10.2. The van der Waals surface area contributed by atoms with Gasteiger partial charge in [-0.1, -0.05) is 6.07 Å². The molecule has 20 heavy (non-hydrogen) atoms. The smallest absolute Gasteiger partial charge is 0.241 e. The van der Waals surface area contributed by atoms with Gasteiger partial charge in [-0.15, -0.1) is 0 Å². The zero-order valence-corrected chi connectivity index (χ0v) is 12.0. The Hall–Kier alpha value is -1.79. The average molecular weight is 294 g/mol. The Morgan fingerprint density at radius 2 is 2.00 bits per heavy atom. The van der Waals surface area contributed by atoms with E-state index in [2.05, 4.69) is 9.71 Å². The van der Waals surface area contributed by atoms with E-state index in [0.717, 1.165) is 6.07 Å². The van der Waals surface area contributed by atoms with Gasteiger partial charge >= 0.3 is 0 Å². The van der Waals surface area contributed by atoms with Crippen molar-refractivity contribution in [2.75, 3.05) is 0 Å². The van der Waals surface area contributed by atoms with Gasteiger partial charge in [0.05, 0.1) is 16.6 Å². The molecule has 0 radical (unpaired) electrons. The van der Waals surface area contributed by atoms with Gasteiger partial charge in [-0.2, -0.15) is 0 Å². The first kappa shape index (κ1) is 14.6. The lowest BCUT2D eigenvalue weighted by Crippen LogP contribution is -2.28. The standard InChI is InChI=1S/C14H15FN2O2S/c1-10-9-12(15)6-7-14(10)20(18,19)17-11(2)13-5-3-4-8-16-13/h3-9,11,17H,1-2H3/t11-/m0/s1. The van der Waals surface area contributed by atoms with Crippen LogP contribution in [0, 0.1) is 12.7 Å². The fourth-order valence-corrected chi connectivity index (χ4v) is 3.35. The Kier molecular flexibility index (Phi) is 4.15. The van der Waals surface area contributed by atoms with Crippen LogP contribution in [0.5, 0.6) is 0 Å². The number of hydrogen-bond acceptors (Lipinski definition) is 3. The highest BCUT2D eigenvalue weighted by Gasteiger charge is 2.21. The second-order valence-corrected chi connectivity index (χ2v) is 6.19. The number of aromatic nitrogens is 1. The molecule has 2 aromatic rings. The minimum absolute atomic E-state index is 0.0710. The topological polar surface area (TPSA) is 59.1 Å². The van der Waals surface area contributed by atoms with Crippen molar-refractivity contribution in [1.82, 2.24) is 9.71 Å². The van der Waals surface area contributed by atoms with Crippen LogP contribution < -0.4 is 4.72 Å². The molecular formula is C14H15FN2O2S. The van der Waals surface area contributed by atoms with Crippen LogP contribution in [0.3, 0.4) is 0 Å². The van der Waals surface area contributed by atoms with Gasteiger partial charge in [0.2, 0.25) is 10.0 Å². The molecule has 1 atom stereocenters. The summed E-state index contributed by atoms with van der Waals surface area (Å²) in [5, 5.41) is 0. The Morgan fingerprint density at radius 3 is 2.60 bits per heavy atom. The third kappa shape index (κ3) is 3.20. The van der Waals surface area contributed by atoms with Gasteiger partial charge in [0.25, 0.3) is 0 Å². The zero-order valence-electron chi connectivity index (χ0n) is 11.2. The maximum atomic E-state index is 13.0. The van der Waals surface area contributed by atoms with E-state index in [-0.39, 0.29) is 4.90 Å². The quantitative estimate of drug-likeness (QED) is 0.943. The normalized spacial score (nSPS) is 13.2. The van der Waals surface area contributed by atoms with Crippen molar-refractivity contribution in [2.45, 2.75) is 24.8 Å². The second kappa shape index (κ2) is 5.68. The third-order valence-electron chi connectivity index (χ3n) is 2.89. The summed E-state index contributed by atoms with van der Waals surface area (Å²) in [6.45, 7) is 3.27. The van der Waals surface area contributed by atoms with Gasteiger partial charge in [-0.25, -0.2) is 17.5 Å². The van der Waals surface area contributed by atoms with Crippen molar-refractivity contribution in [2.24, 2.45) is 0 Å². The Morgan fingerprint density at radius 1 is 1.25 bits per heavy atom. The molecule has 0 saturated heterocycles. The van der Waals surface area contributed by atoms with E-state index in [0.29, 0.717) is 11.3 Å². The molecule has 0 aliphatic rings. The van der Waals surface area contributed by atoms with Gasteiger partial charge in [0.15, 0.2) is 0 Å². The summed E-state index contributed by atoms with van der Waals surface area (Å²) in [5.41, 5.74) is 0.988. The molecule has 0 unspecified atom stereocenters. The van der Waals surface area contributed by atoms with Crippen LogP contribution in [0.4, 0.5) is 4.39 Å². The van der Waals surface area contributed by atoms with Crippen LogP contribution in [0.2, 0.25) is 0 Å². The third-order valence-corrected chi connectivity index (χ3v) is 4.59. The van der Waals surface area contributed by atoms with Gasteiger partial charge in [-0.05, 0) is 49.7 Å². The van der Waals surface area contributed by atoms with Crippen molar-refractivity contribution in [3.05, 3.63) is 59.7 Å². The average Bonchev–Trinajstić information content (AvgIpc) is 2.38. The highest BCUT2D eigenvalue weighted by Crippen LogP contribution is 2.19. The predicted molar refractivity (Wildman–Crippen MR) is 74.1 cm³/mol. The molecule has 0 bridgehead atoms. The van der Waals surface area contributed by atoms with E-state index >= 15 is 0 Å². The molecule has 106 valence electrons. The highest BCUT2D eigenvalue weighted by molar-refractivity contribution is 7.89. The number of nitrogens with one attached hydrogen (secondary N) is 1. The molecule has 0 spiro atoms. The minimum Gasteiger partial charge on any atom is -0.260 e. The van der Waals surface area contributed by atoms with E-state index in [1.54, 1.807) is 38.2 Å². The number of nitrogens with zero attached hydrogens (tertiary/aromatic N) is 1. The van der Waals surface area contributed by atoms with E-state index in [4.69, 9.17) is 0 Å². The molecule has 2 rings (SSSR count). The summed E-state index contributed by atoms with van der Waals surface area (Å²) in [6.07, 6.45) is 1.60. The number of sulfonamides is 1. The largest absolute Gasteiger partial charge is 0.260 e. The molecule has 0 saturated carbocycles. The fourth-order valence-electron chi connectivity index (χ4n) is 1.90. The van der Waals surface area contributed by atoms with Crippen molar-refractivity contribution in [1.29, 1.82) is 0 Å². The SMILES string of the molecule is Cc1cc(F)ccc1S(=O)(=O)N[C@@H](C)c1ccccn1. The number of aryl methyl sites for hydroxylation is 1. The Bertz CT molecular complexity index is 702. The van der Waals surface area contributed by atoms with Gasteiger partial charge in [0.1, 0.15) is 5.82 Å². The van der Waals surface area contributed by atoms with Crippen LogP contribution in [0.15, 0.2) is 47.5 Å². The highest BCUT2D eigenvalue weighted by atomic mass is 32.2. The van der Waals surface area contributed by atoms with Crippen LogP contribution in [0.25, 0.3) is 0 Å². The maximum Gasteiger partial charge on any atom is 0.241 e. The summed E-state index contributed by atoms with van der Waals surface area (Å²) >= 11 is 0. The van der Waals surface area contributed by atoms with Crippen molar-refractivity contribution >= 4 is 10.0 Å². The molecule has 1 aromatic heterocycles. The molecule has 4 nitrogen and oxygen atoms in total. The predicted octanol–water partition coefficient (Wildman–Crippen LogP) is 2.57. The number of pyridine rings is 1. The van der Waals surface area contributed by atoms with E-state index < -0.39 is 21.9 Å². The maximum absolute atomic E-state index is 13.0. The first-order valence-corrected chi connectivity index (χ1v) is 7.58. The van der Waals surface area contributed by atoms with Gasteiger partial charge in [-0.3, -0.25) is 4.98 Å². The lowest BCUT2D eigenvalue weighted by molar-refractivity contribution is 0.562. The summed E-state index contributed by atoms with van der Waals surface area (Å²) < 4.78 is 40.1. The second-order valence-electron chi connectivity index (χ2n) is 4.51. The van der Waals surface area contributed by atoms with Crippen LogP contribution >= 0.6 is 0 Å². The van der Waals surface area contributed by atoms with Crippen molar-refractivity contribution in [3.8, 4) is 0 Å². The number of halogens is 1. The van der Waals surface area contributed by atoms with Crippen molar-refractivity contribution < 1.29 is 12.8 Å². The Labute approximate surface area is 117 Å². The van der Waals surface area contributed by atoms with Crippen LogP contribution in [0.1, 0.15) is 24.2 Å². The molecule has 0 aliphatic heterocycles. The van der Waals surface area contributed by atoms with Gasteiger partial charge < -0.3 is 0 Å². The molecule has 1 N–H and O–H groups in total. The number of rotatable bonds is 4.